The van der Waals surface area contributed by atoms with Gasteiger partial charge in [0.05, 0.1) is 17.3 Å². The van der Waals surface area contributed by atoms with Gasteiger partial charge in [-0.05, 0) is 43.9 Å². The highest BCUT2D eigenvalue weighted by atomic mass is 79.9. The highest BCUT2D eigenvalue weighted by Crippen LogP contribution is 2.40. The Hall–Kier alpha value is -1.82. The molecule has 0 saturated carbocycles. The van der Waals surface area contributed by atoms with Crippen molar-refractivity contribution in [3.05, 3.63) is 33.2 Å². The molecule has 1 N–H and O–H groups in total. The van der Waals surface area contributed by atoms with E-state index in [1.165, 1.54) is 15.6 Å². The number of anilines is 2. The molecular weight excluding hydrogens is 516 g/mol. The van der Waals surface area contributed by atoms with Crippen LogP contribution in [0.3, 0.4) is 0 Å². The largest absolute Gasteiger partial charge is 0.310 e. The summed E-state index contributed by atoms with van der Waals surface area (Å²) < 4.78 is 29.5. The van der Waals surface area contributed by atoms with Gasteiger partial charge in [-0.3, -0.25) is 9.59 Å². The summed E-state index contributed by atoms with van der Waals surface area (Å²) in [5.74, 6) is -0.782. The monoisotopic (exact) mass is 540 g/mol. The minimum absolute atomic E-state index is 0.0987. The van der Waals surface area contributed by atoms with E-state index >= 15 is 0 Å². The van der Waals surface area contributed by atoms with Crippen molar-refractivity contribution in [1.29, 1.82) is 0 Å². The average Bonchev–Trinajstić information content (AvgIpc) is 3.38. The molecular formula is C21H25BrN4O4S2. The number of nitrogens with one attached hydrogen (secondary N) is 1. The summed E-state index contributed by atoms with van der Waals surface area (Å²) in [7, 11) is -3.90. The number of benzene rings is 1. The van der Waals surface area contributed by atoms with Gasteiger partial charge in [-0.1, -0.05) is 22.9 Å². The maximum absolute atomic E-state index is 13.7. The summed E-state index contributed by atoms with van der Waals surface area (Å²) in [6.45, 7) is 4.53. The zero-order chi connectivity index (χ0) is 23.0. The lowest BCUT2D eigenvalue weighted by atomic mass is 9.99. The second-order valence-corrected chi connectivity index (χ2v) is 11.7. The lowest BCUT2D eigenvalue weighted by Gasteiger charge is -2.32. The Morgan fingerprint density at radius 1 is 1.31 bits per heavy atom. The molecule has 1 unspecified atom stereocenters. The van der Waals surface area contributed by atoms with E-state index in [0.29, 0.717) is 54.1 Å². The van der Waals surface area contributed by atoms with Crippen molar-refractivity contribution in [2.45, 2.75) is 44.4 Å². The number of hydrogen-bond acceptors (Lipinski definition) is 6. The van der Waals surface area contributed by atoms with Crippen LogP contribution in [0.1, 0.15) is 37.4 Å². The third-order valence-corrected chi connectivity index (χ3v) is 9.03. The van der Waals surface area contributed by atoms with E-state index in [2.05, 4.69) is 26.2 Å². The summed E-state index contributed by atoms with van der Waals surface area (Å²) in [6.07, 6.45) is 2.11. The van der Waals surface area contributed by atoms with Gasteiger partial charge in [-0.25, -0.2) is 13.4 Å². The van der Waals surface area contributed by atoms with Crippen LogP contribution in [0, 0.1) is 12.8 Å². The standard InChI is InChI=1S/C21H25BrN4O4S2/c1-3-18(27)26-8-6-14-9-16(22)10-17(19(14)26)32(29,30)25-7-4-5-15(11-25)20(28)24-21-23-13(2)12-31-21/h9-10,12,15H,3-8,11H2,1-2H3,(H,23,24,28). The number of aromatic nitrogens is 1. The van der Waals surface area contributed by atoms with Crippen LogP contribution in [0.5, 0.6) is 0 Å². The topological polar surface area (TPSA) is 99.7 Å². The van der Waals surface area contributed by atoms with Crippen LogP contribution in [0.25, 0.3) is 0 Å². The van der Waals surface area contributed by atoms with Crippen molar-refractivity contribution in [3.63, 3.8) is 0 Å². The molecule has 32 heavy (non-hydrogen) atoms. The molecule has 0 spiro atoms. The quantitative estimate of drug-likeness (QED) is 0.624. The zero-order valence-corrected chi connectivity index (χ0v) is 21.1. The minimum atomic E-state index is -3.90. The molecule has 2 amide bonds. The van der Waals surface area contributed by atoms with Crippen molar-refractivity contribution in [1.82, 2.24) is 9.29 Å². The fourth-order valence-corrected chi connectivity index (χ4v) is 7.37. The van der Waals surface area contributed by atoms with E-state index in [1.807, 2.05) is 18.4 Å². The second-order valence-electron chi connectivity index (χ2n) is 8.05. The van der Waals surface area contributed by atoms with Crippen LogP contribution >= 0.6 is 27.3 Å². The number of piperidine rings is 1. The van der Waals surface area contributed by atoms with E-state index in [-0.39, 0.29) is 23.3 Å². The number of halogens is 1. The molecule has 1 atom stereocenters. The van der Waals surface area contributed by atoms with Crippen molar-refractivity contribution < 1.29 is 18.0 Å². The molecule has 11 heteroatoms. The Kier molecular flexibility index (Phi) is 6.71. The van der Waals surface area contributed by atoms with Gasteiger partial charge in [0.25, 0.3) is 0 Å². The van der Waals surface area contributed by atoms with Gasteiger partial charge in [0.15, 0.2) is 5.13 Å². The van der Waals surface area contributed by atoms with Crippen LogP contribution in [0.2, 0.25) is 0 Å². The Balaban J connectivity index is 1.61. The van der Waals surface area contributed by atoms with Gasteiger partial charge >= 0.3 is 0 Å². The molecule has 0 aliphatic carbocycles. The van der Waals surface area contributed by atoms with E-state index in [9.17, 15) is 18.0 Å². The van der Waals surface area contributed by atoms with Crippen molar-refractivity contribution in [3.8, 4) is 0 Å². The number of carbonyl (C=O) groups is 2. The van der Waals surface area contributed by atoms with Gasteiger partial charge in [-0.15, -0.1) is 11.3 Å². The maximum Gasteiger partial charge on any atom is 0.245 e. The predicted molar refractivity (Wildman–Crippen MR) is 127 cm³/mol. The van der Waals surface area contributed by atoms with E-state index in [4.69, 9.17) is 0 Å². The van der Waals surface area contributed by atoms with Crippen molar-refractivity contribution >= 4 is 59.9 Å². The lowest BCUT2D eigenvalue weighted by Crippen LogP contribution is -2.44. The van der Waals surface area contributed by atoms with Crippen molar-refractivity contribution in [2.24, 2.45) is 5.92 Å². The molecule has 1 fully saturated rings. The molecule has 1 saturated heterocycles. The molecule has 3 heterocycles. The normalized spacial score (nSPS) is 19.1. The number of thiazole rings is 1. The minimum Gasteiger partial charge on any atom is -0.310 e. The molecule has 1 aromatic carbocycles. The Bertz CT molecular complexity index is 1160. The lowest BCUT2D eigenvalue weighted by molar-refractivity contribution is -0.121. The molecule has 0 radical (unpaired) electrons. The Morgan fingerprint density at radius 2 is 2.09 bits per heavy atom. The van der Waals surface area contributed by atoms with Gasteiger partial charge in [0.1, 0.15) is 4.90 Å². The molecule has 8 nitrogen and oxygen atoms in total. The van der Waals surface area contributed by atoms with Crippen LogP contribution in [-0.4, -0.2) is 49.2 Å². The maximum atomic E-state index is 13.7. The van der Waals surface area contributed by atoms with Crippen LogP contribution in [-0.2, 0) is 26.0 Å². The fourth-order valence-electron chi connectivity index (χ4n) is 4.24. The number of nitrogens with zero attached hydrogens (tertiary/aromatic N) is 3. The first kappa shape index (κ1) is 23.3. The third-order valence-electron chi connectivity index (χ3n) is 5.82. The highest BCUT2D eigenvalue weighted by molar-refractivity contribution is 9.10. The molecule has 2 aliphatic rings. The fraction of sp³-hybridized carbons (Fsp3) is 0.476. The summed E-state index contributed by atoms with van der Waals surface area (Å²) in [4.78, 5) is 31.2. The molecule has 2 aromatic rings. The van der Waals surface area contributed by atoms with Gasteiger partial charge < -0.3 is 10.2 Å². The van der Waals surface area contributed by atoms with E-state index in [0.717, 1.165) is 11.3 Å². The van der Waals surface area contributed by atoms with Crippen LogP contribution < -0.4 is 10.2 Å². The first-order chi connectivity index (χ1) is 15.2. The van der Waals surface area contributed by atoms with Gasteiger partial charge in [-0.2, -0.15) is 4.31 Å². The van der Waals surface area contributed by atoms with E-state index < -0.39 is 15.9 Å². The first-order valence-corrected chi connectivity index (χ1v) is 13.7. The van der Waals surface area contributed by atoms with Crippen molar-refractivity contribution in [2.75, 3.05) is 29.9 Å². The summed E-state index contributed by atoms with van der Waals surface area (Å²) in [5.41, 5.74) is 2.14. The van der Waals surface area contributed by atoms with Crippen LogP contribution in [0.15, 0.2) is 26.9 Å². The Morgan fingerprint density at radius 3 is 2.78 bits per heavy atom. The number of carbonyl (C=O) groups excluding carboxylic acids is 2. The van der Waals surface area contributed by atoms with Crippen LogP contribution in [0.4, 0.5) is 10.8 Å². The van der Waals surface area contributed by atoms with Gasteiger partial charge in [0, 0.05) is 35.9 Å². The third kappa shape index (κ3) is 4.48. The predicted octanol–water partition coefficient (Wildman–Crippen LogP) is 3.55. The SMILES string of the molecule is CCC(=O)N1CCc2cc(Br)cc(S(=O)(=O)N3CCCC(C(=O)Nc4nc(C)cs4)C3)c21. The number of rotatable bonds is 5. The molecule has 1 aromatic heterocycles. The molecule has 2 aliphatic heterocycles. The summed E-state index contributed by atoms with van der Waals surface area (Å²) in [6, 6.07) is 3.44. The number of hydrogen-bond donors (Lipinski definition) is 1. The zero-order valence-electron chi connectivity index (χ0n) is 17.9. The highest BCUT2D eigenvalue weighted by Gasteiger charge is 2.38. The van der Waals surface area contributed by atoms with E-state index in [1.54, 1.807) is 17.9 Å². The first-order valence-electron chi connectivity index (χ1n) is 10.6. The number of amides is 2. The summed E-state index contributed by atoms with van der Waals surface area (Å²) in [5, 5.41) is 5.18. The number of fused-ring (bicyclic) bond motifs is 1. The average molecular weight is 541 g/mol. The number of aryl methyl sites for hydroxylation is 1. The Labute approximate surface area is 200 Å². The summed E-state index contributed by atoms with van der Waals surface area (Å²) >= 11 is 4.77. The smallest absolute Gasteiger partial charge is 0.245 e. The molecule has 0 bridgehead atoms. The second kappa shape index (κ2) is 9.20. The molecule has 4 rings (SSSR count). The van der Waals surface area contributed by atoms with Gasteiger partial charge in [0.2, 0.25) is 21.8 Å². The number of sulfonamides is 1. The molecule has 172 valence electrons.